The van der Waals surface area contributed by atoms with Crippen molar-refractivity contribution in [1.29, 1.82) is 0 Å². The van der Waals surface area contributed by atoms with E-state index in [-0.39, 0.29) is 30.0 Å². The van der Waals surface area contributed by atoms with Crippen molar-refractivity contribution < 1.29 is 24.2 Å². The van der Waals surface area contributed by atoms with E-state index in [1.807, 2.05) is 17.0 Å². The Morgan fingerprint density at radius 3 is 2.76 bits per heavy atom. The van der Waals surface area contributed by atoms with Crippen molar-refractivity contribution in [3.8, 4) is 12.3 Å². The summed E-state index contributed by atoms with van der Waals surface area (Å²) in [5.74, 6) is 0.656. The van der Waals surface area contributed by atoms with Crippen molar-refractivity contribution >= 4 is 17.9 Å². The molecule has 1 spiro atoms. The Morgan fingerprint density at radius 2 is 2.07 bits per heavy atom. The molecule has 0 aromatic heterocycles. The number of amidine groups is 1. The Bertz CT molecular complexity index is 952. The van der Waals surface area contributed by atoms with Crippen LogP contribution in [0, 0.1) is 12.3 Å². The molecular formula is C22H22N2O5. The lowest BCUT2D eigenvalue weighted by Crippen LogP contribution is -2.47. The first-order chi connectivity index (χ1) is 13.9. The first-order valence-electron chi connectivity index (χ1n) is 9.53. The van der Waals surface area contributed by atoms with E-state index < -0.39 is 17.5 Å². The maximum absolute atomic E-state index is 12.6. The number of amides is 1. The van der Waals surface area contributed by atoms with Crippen molar-refractivity contribution in [2.45, 2.75) is 43.5 Å². The molecule has 1 saturated heterocycles. The second-order valence-electron chi connectivity index (χ2n) is 7.69. The predicted octanol–water partition coefficient (Wildman–Crippen LogP) is 2.21. The zero-order valence-corrected chi connectivity index (χ0v) is 16.0. The van der Waals surface area contributed by atoms with Gasteiger partial charge in [0.2, 0.25) is 5.60 Å². The van der Waals surface area contributed by atoms with Gasteiger partial charge in [0.1, 0.15) is 0 Å². The van der Waals surface area contributed by atoms with E-state index in [1.165, 1.54) is 11.1 Å². The average Bonchev–Trinajstić information content (AvgIpc) is 3.22. The molecule has 7 heteroatoms. The Hall–Kier alpha value is -3.11. The third kappa shape index (κ3) is 3.19. The summed E-state index contributed by atoms with van der Waals surface area (Å²) in [7, 11) is 0. The molecule has 150 valence electrons. The standard InChI is InChI=1S/C22H22N2O5/c1-3-8-22(13-15(2)18(25)26)19(27)23-20(29-22)24-11-9-21(10-12-24)17-7-5-4-6-16(17)14-28-21/h1,4-7H,2,8-14H2,(H,25,26). The third-order valence-corrected chi connectivity index (χ3v) is 5.92. The summed E-state index contributed by atoms with van der Waals surface area (Å²) in [6.07, 6.45) is 6.62. The first-order valence-corrected chi connectivity index (χ1v) is 9.53. The number of nitrogens with zero attached hydrogens (tertiary/aromatic N) is 2. The molecule has 4 rings (SSSR count). The highest BCUT2D eigenvalue weighted by Crippen LogP contribution is 2.44. The number of likely N-dealkylation sites (tertiary alicyclic amines) is 1. The molecule has 0 bridgehead atoms. The van der Waals surface area contributed by atoms with Gasteiger partial charge in [-0.3, -0.25) is 4.79 Å². The zero-order valence-electron chi connectivity index (χ0n) is 16.0. The van der Waals surface area contributed by atoms with Crippen molar-refractivity contribution in [2.75, 3.05) is 13.1 Å². The number of benzene rings is 1. The number of terminal acetylenes is 1. The minimum absolute atomic E-state index is 0.0700. The zero-order chi connectivity index (χ0) is 20.6. The van der Waals surface area contributed by atoms with Gasteiger partial charge in [0.25, 0.3) is 11.9 Å². The molecule has 29 heavy (non-hydrogen) atoms. The van der Waals surface area contributed by atoms with E-state index in [0.717, 1.165) is 12.8 Å². The normalized spacial score (nSPS) is 24.6. The van der Waals surface area contributed by atoms with Crippen LogP contribution in [0.3, 0.4) is 0 Å². The maximum Gasteiger partial charge on any atom is 0.331 e. The van der Waals surface area contributed by atoms with Crippen molar-refractivity contribution in [2.24, 2.45) is 4.99 Å². The summed E-state index contributed by atoms with van der Waals surface area (Å²) in [5.41, 5.74) is 0.489. The molecule has 0 aliphatic carbocycles. The van der Waals surface area contributed by atoms with Gasteiger partial charge in [0, 0.05) is 25.1 Å². The molecular weight excluding hydrogens is 372 g/mol. The van der Waals surface area contributed by atoms with Crippen molar-refractivity contribution in [1.82, 2.24) is 4.90 Å². The highest BCUT2D eigenvalue weighted by Gasteiger charge is 2.50. The number of piperidine rings is 1. The number of carbonyl (C=O) groups is 2. The Morgan fingerprint density at radius 1 is 1.34 bits per heavy atom. The molecule has 1 aromatic carbocycles. The number of hydrogen-bond donors (Lipinski definition) is 1. The maximum atomic E-state index is 12.6. The van der Waals surface area contributed by atoms with Crippen LogP contribution in [0.5, 0.6) is 0 Å². The number of carboxylic acid groups (broad SMARTS) is 1. The van der Waals surface area contributed by atoms with Crippen LogP contribution in [0.4, 0.5) is 0 Å². The van der Waals surface area contributed by atoms with Crippen LogP contribution in [0.15, 0.2) is 41.4 Å². The fourth-order valence-electron chi connectivity index (χ4n) is 4.29. The second-order valence-corrected chi connectivity index (χ2v) is 7.69. The van der Waals surface area contributed by atoms with E-state index in [2.05, 4.69) is 29.6 Å². The summed E-state index contributed by atoms with van der Waals surface area (Å²) in [5, 5.41) is 9.14. The van der Waals surface area contributed by atoms with Crippen LogP contribution < -0.4 is 0 Å². The number of aliphatic carboxylic acids is 1. The van der Waals surface area contributed by atoms with E-state index in [9.17, 15) is 9.59 Å². The molecule has 3 aliphatic rings. The van der Waals surface area contributed by atoms with Crippen LogP contribution in [0.1, 0.15) is 36.8 Å². The first kappa shape index (κ1) is 19.2. The number of ether oxygens (including phenoxy) is 2. The molecule has 1 unspecified atom stereocenters. The SMILES string of the molecule is C#CCC1(CC(=C)C(=O)O)OC(N2CCC3(CC2)OCc2ccccc23)=NC1=O. The quantitative estimate of drug-likeness (QED) is 0.622. The molecule has 1 fully saturated rings. The molecule has 7 nitrogen and oxygen atoms in total. The number of rotatable bonds is 4. The van der Waals surface area contributed by atoms with Gasteiger partial charge in [-0.25, -0.2) is 4.79 Å². The van der Waals surface area contributed by atoms with Gasteiger partial charge in [-0.05, 0) is 24.0 Å². The molecule has 3 aliphatic heterocycles. The van der Waals surface area contributed by atoms with E-state index in [0.29, 0.717) is 19.7 Å². The Labute approximate surface area is 169 Å². The summed E-state index contributed by atoms with van der Waals surface area (Å²) < 4.78 is 12.1. The van der Waals surface area contributed by atoms with E-state index >= 15 is 0 Å². The number of carboxylic acids is 1. The van der Waals surface area contributed by atoms with Gasteiger partial charge in [-0.15, -0.1) is 12.3 Å². The fourth-order valence-corrected chi connectivity index (χ4v) is 4.29. The molecule has 1 aromatic rings. The molecule has 0 radical (unpaired) electrons. The Balaban J connectivity index is 1.48. The van der Waals surface area contributed by atoms with Gasteiger partial charge in [0.05, 0.1) is 18.6 Å². The lowest BCUT2D eigenvalue weighted by Gasteiger charge is -2.40. The third-order valence-electron chi connectivity index (χ3n) is 5.92. The number of aliphatic imine (C=N–C) groups is 1. The number of carbonyl (C=O) groups excluding carboxylic acids is 1. The number of hydrogen-bond acceptors (Lipinski definition) is 5. The second kappa shape index (κ2) is 7.05. The van der Waals surface area contributed by atoms with Gasteiger partial charge in [-0.1, -0.05) is 30.8 Å². The summed E-state index contributed by atoms with van der Waals surface area (Å²) in [6, 6.07) is 8.43. The van der Waals surface area contributed by atoms with Crippen LogP contribution in [-0.4, -0.2) is 46.6 Å². The van der Waals surface area contributed by atoms with Crippen molar-refractivity contribution in [3.63, 3.8) is 0 Å². The molecule has 1 N–H and O–H groups in total. The van der Waals surface area contributed by atoms with Crippen molar-refractivity contribution in [3.05, 3.63) is 47.5 Å². The number of fused-ring (bicyclic) bond motifs is 2. The summed E-state index contributed by atoms with van der Waals surface area (Å²) in [6.45, 7) is 5.32. The lowest BCUT2D eigenvalue weighted by atomic mass is 9.84. The van der Waals surface area contributed by atoms with Crippen LogP contribution in [0.25, 0.3) is 0 Å². The molecule has 0 saturated carbocycles. The van der Waals surface area contributed by atoms with Crippen LogP contribution in [-0.2, 0) is 31.3 Å². The minimum atomic E-state index is -1.49. The highest BCUT2D eigenvalue weighted by atomic mass is 16.5. The fraction of sp³-hybridized carbons (Fsp3) is 0.409. The Kier molecular flexibility index (Phi) is 4.67. The summed E-state index contributed by atoms with van der Waals surface area (Å²) >= 11 is 0. The monoisotopic (exact) mass is 394 g/mol. The van der Waals surface area contributed by atoms with Crippen LogP contribution >= 0.6 is 0 Å². The predicted molar refractivity (Wildman–Crippen MR) is 105 cm³/mol. The van der Waals surface area contributed by atoms with E-state index in [4.69, 9.17) is 21.0 Å². The highest BCUT2D eigenvalue weighted by molar-refractivity contribution is 6.02. The minimum Gasteiger partial charge on any atom is -0.478 e. The largest absolute Gasteiger partial charge is 0.478 e. The van der Waals surface area contributed by atoms with E-state index in [1.54, 1.807) is 0 Å². The average molecular weight is 394 g/mol. The topological polar surface area (TPSA) is 88.4 Å². The van der Waals surface area contributed by atoms with Gasteiger partial charge >= 0.3 is 5.97 Å². The molecule has 3 heterocycles. The molecule has 1 atom stereocenters. The molecule has 1 amide bonds. The van der Waals surface area contributed by atoms with Gasteiger partial charge in [-0.2, -0.15) is 4.99 Å². The van der Waals surface area contributed by atoms with Crippen LogP contribution in [0.2, 0.25) is 0 Å². The van der Waals surface area contributed by atoms with Gasteiger partial charge in [0.15, 0.2) is 0 Å². The van der Waals surface area contributed by atoms with Gasteiger partial charge < -0.3 is 19.5 Å². The lowest BCUT2D eigenvalue weighted by molar-refractivity contribution is -0.135. The smallest absolute Gasteiger partial charge is 0.331 e. The summed E-state index contributed by atoms with van der Waals surface area (Å²) in [4.78, 5) is 29.8.